The second-order valence-electron chi connectivity index (χ2n) is 1.61. The van der Waals surface area contributed by atoms with Gasteiger partial charge in [0.2, 0.25) is 5.91 Å². The smallest absolute Gasteiger partial charge is 0.366 e. The number of carbonyl (C=O) groups is 1. The van der Waals surface area contributed by atoms with Crippen molar-refractivity contribution in [2.75, 3.05) is 0 Å². The van der Waals surface area contributed by atoms with Crippen LogP contribution in [0.1, 0.15) is 10.4 Å². The van der Waals surface area contributed by atoms with Gasteiger partial charge in [-0.05, 0) is 12.1 Å². The molecule has 0 unspecified atom stereocenters. The van der Waals surface area contributed by atoms with Crippen molar-refractivity contribution >= 4 is 5.91 Å². The minimum Gasteiger partial charge on any atom is -0.366 e. The van der Waals surface area contributed by atoms with E-state index in [0.29, 0.717) is 5.56 Å². The van der Waals surface area contributed by atoms with Crippen LogP contribution in [0.2, 0.25) is 0 Å². The van der Waals surface area contributed by atoms with Gasteiger partial charge in [-0.2, -0.15) is 0 Å². The Balaban J connectivity index is 0.000000810. The van der Waals surface area contributed by atoms with E-state index in [2.05, 4.69) is 4.98 Å². The Morgan fingerprint density at radius 1 is 1.60 bits per heavy atom. The Hall–Kier alpha value is -0.380. The van der Waals surface area contributed by atoms with E-state index < -0.39 is 5.91 Å². The zero-order chi connectivity index (χ0) is 6.69. The van der Waals surface area contributed by atoms with Crippen molar-refractivity contribution in [1.82, 2.24) is 4.98 Å². The quantitative estimate of drug-likeness (QED) is 0.433. The molecule has 1 aromatic heterocycles. The molecule has 2 N–H and O–H groups in total. The number of primary amides is 1. The number of nitrogens with two attached hydrogens (primary N) is 1. The molecule has 10 heavy (non-hydrogen) atoms. The topological polar surface area (TPSA) is 56.0 Å². The zero-order valence-electron chi connectivity index (χ0n) is 5.74. The van der Waals surface area contributed by atoms with Gasteiger partial charge in [0.1, 0.15) is 0 Å². The molecule has 1 rings (SSSR count). The number of pyridine rings is 1. The molecule has 1 amide bonds. The number of aromatic nitrogens is 1. The SMILES string of the molecule is NC(=O)c1cccnc1.[Na+]. The van der Waals surface area contributed by atoms with Gasteiger partial charge in [-0.3, -0.25) is 9.78 Å². The predicted molar refractivity (Wildman–Crippen MR) is 32.8 cm³/mol. The van der Waals surface area contributed by atoms with Crippen LogP contribution >= 0.6 is 0 Å². The van der Waals surface area contributed by atoms with Gasteiger partial charge in [-0.25, -0.2) is 0 Å². The molecule has 0 aliphatic heterocycles. The van der Waals surface area contributed by atoms with E-state index in [-0.39, 0.29) is 29.6 Å². The molecular formula is C6H6N2NaO+. The van der Waals surface area contributed by atoms with Crippen LogP contribution in [0.15, 0.2) is 24.5 Å². The fraction of sp³-hybridized carbons (Fsp3) is 0. The van der Waals surface area contributed by atoms with Crippen LogP contribution in [0.4, 0.5) is 0 Å². The van der Waals surface area contributed by atoms with Crippen molar-refractivity contribution in [3.63, 3.8) is 0 Å². The molecule has 0 aliphatic rings. The van der Waals surface area contributed by atoms with E-state index in [4.69, 9.17) is 5.73 Å². The number of carbonyl (C=O) groups excluding carboxylic acids is 1. The average molecular weight is 145 g/mol. The number of amides is 1. The maximum atomic E-state index is 10.4. The number of nitrogens with zero attached hydrogens (tertiary/aromatic N) is 1. The maximum absolute atomic E-state index is 10.4. The first-order chi connectivity index (χ1) is 4.30. The first-order valence-electron chi connectivity index (χ1n) is 2.50. The molecule has 0 aliphatic carbocycles. The van der Waals surface area contributed by atoms with Crippen molar-refractivity contribution in [2.45, 2.75) is 0 Å². The van der Waals surface area contributed by atoms with Crippen LogP contribution in [0.3, 0.4) is 0 Å². The van der Waals surface area contributed by atoms with Crippen molar-refractivity contribution in [3.05, 3.63) is 30.1 Å². The van der Waals surface area contributed by atoms with Gasteiger partial charge < -0.3 is 5.73 Å². The van der Waals surface area contributed by atoms with Crippen LogP contribution in [0, 0.1) is 0 Å². The van der Waals surface area contributed by atoms with E-state index in [1.165, 1.54) is 6.20 Å². The third-order valence-corrected chi connectivity index (χ3v) is 0.946. The molecule has 0 aromatic carbocycles. The molecular weight excluding hydrogens is 139 g/mol. The van der Waals surface area contributed by atoms with Crippen LogP contribution in [-0.4, -0.2) is 10.9 Å². The summed E-state index contributed by atoms with van der Waals surface area (Å²) in [4.78, 5) is 14.1. The molecule has 1 heterocycles. The number of hydrogen-bond donors (Lipinski definition) is 1. The Labute approximate surface area is 80.9 Å². The molecule has 0 fully saturated rings. The number of rotatable bonds is 1. The van der Waals surface area contributed by atoms with Gasteiger partial charge in [0, 0.05) is 12.4 Å². The Bertz CT molecular complexity index is 212. The Kier molecular flexibility index (Phi) is 4.27. The van der Waals surface area contributed by atoms with Crippen molar-refractivity contribution in [1.29, 1.82) is 0 Å². The van der Waals surface area contributed by atoms with Gasteiger partial charge in [0.15, 0.2) is 0 Å². The molecule has 0 radical (unpaired) electrons. The Morgan fingerprint density at radius 2 is 2.30 bits per heavy atom. The predicted octanol–water partition coefficient (Wildman–Crippen LogP) is -2.82. The van der Waals surface area contributed by atoms with Crippen LogP contribution in [0.5, 0.6) is 0 Å². The summed E-state index contributed by atoms with van der Waals surface area (Å²) in [6.45, 7) is 0. The molecule has 0 atom stereocenters. The summed E-state index contributed by atoms with van der Waals surface area (Å²) in [5.41, 5.74) is 5.38. The first-order valence-corrected chi connectivity index (χ1v) is 2.50. The van der Waals surface area contributed by atoms with Gasteiger partial charge in [-0.1, -0.05) is 0 Å². The molecule has 0 saturated heterocycles. The molecule has 1 aromatic rings. The van der Waals surface area contributed by atoms with Crippen LogP contribution in [0.25, 0.3) is 0 Å². The summed E-state index contributed by atoms with van der Waals surface area (Å²) in [7, 11) is 0. The summed E-state index contributed by atoms with van der Waals surface area (Å²) in [6.07, 6.45) is 3.02. The third-order valence-electron chi connectivity index (χ3n) is 0.946. The molecule has 46 valence electrons. The summed E-state index contributed by atoms with van der Waals surface area (Å²) in [5, 5.41) is 0. The largest absolute Gasteiger partial charge is 1.00 e. The monoisotopic (exact) mass is 145 g/mol. The Morgan fingerprint density at radius 3 is 2.60 bits per heavy atom. The summed E-state index contributed by atoms with van der Waals surface area (Å²) < 4.78 is 0. The molecule has 3 nitrogen and oxygen atoms in total. The van der Waals surface area contributed by atoms with E-state index in [0.717, 1.165) is 0 Å². The van der Waals surface area contributed by atoms with Gasteiger partial charge in [0.05, 0.1) is 5.56 Å². The summed E-state index contributed by atoms with van der Waals surface area (Å²) in [5.74, 6) is -0.442. The van der Waals surface area contributed by atoms with E-state index in [9.17, 15) is 4.79 Å². The zero-order valence-corrected chi connectivity index (χ0v) is 7.74. The first kappa shape index (κ1) is 9.62. The van der Waals surface area contributed by atoms with Gasteiger partial charge >= 0.3 is 29.6 Å². The van der Waals surface area contributed by atoms with E-state index in [1.807, 2.05) is 0 Å². The molecule has 0 saturated carbocycles. The minimum atomic E-state index is -0.442. The van der Waals surface area contributed by atoms with Gasteiger partial charge in [-0.15, -0.1) is 0 Å². The third kappa shape index (κ3) is 2.47. The summed E-state index contributed by atoms with van der Waals surface area (Å²) >= 11 is 0. The van der Waals surface area contributed by atoms with Crippen molar-refractivity contribution < 1.29 is 34.4 Å². The van der Waals surface area contributed by atoms with Crippen molar-refractivity contribution in [2.24, 2.45) is 5.73 Å². The summed E-state index contributed by atoms with van der Waals surface area (Å²) in [6, 6.07) is 3.29. The molecule has 0 spiro atoms. The van der Waals surface area contributed by atoms with Gasteiger partial charge in [0.25, 0.3) is 0 Å². The second kappa shape index (κ2) is 4.44. The van der Waals surface area contributed by atoms with Crippen LogP contribution < -0.4 is 35.3 Å². The fourth-order valence-electron chi connectivity index (χ4n) is 0.509. The molecule has 0 bridgehead atoms. The normalized spacial score (nSPS) is 8.00. The fourth-order valence-corrected chi connectivity index (χ4v) is 0.509. The van der Waals surface area contributed by atoms with Crippen molar-refractivity contribution in [3.8, 4) is 0 Å². The maximum Gasteiger partial charge on any atom is 1.00 e. The average Bonchev–Trinajstić information content (AvgIpc) is 1.90. The van der Waals surface area contributed by atoms with E-state index in [1.54, 1.807) is 18.3 Å². The van der Waals surface area contributed by atoms with E-state index >= 15 is 0 Å². The minimum absolute atomic E-state index is 0. The second-order valence-corrected chi connectivity index (χ2v) is 1.61. The molecule has 4 heteroatoms. The number of hydrogen-bond acceptors (Lipinski definition) is 2. The van der Waals surface area contributed by atoms with Crippen LogP contribution in [-0.2, 0) is 0 Å². The standard InChI is InChI=1S/C6H6N2O.Na/c7-6(9)5-2-1-3-8-4-5;/h1-4H,(H2,7,9);/q;+1.